The van der Waals surface area contributed by atoms with Crippen LogP contribution in [0.3, 0.4) is 0 Å². The van der Waals surface area contributed by atoms with Gasteiger partial charge in [0.15, 0.2) is 23.0 Å². The maximum Gasteiger partial charge on any atom is 0.402 e. The Hall–Kier alpha value is -5.12. The SMILES string of the molecule is O=C(C=Cc1ccc(O)cc1)C(O)[C@H]1O[C@@H](Oc2cc3c(O)cc(O)cc3[o+]c2-c2cc(O)c(O)c(O)c2)[C@H](O)[C@@H](O)[C@H]1O. The van der Waals surface area contributed by atoms with Gasteiger partial charge in [-0.25, -0.2) is 4.42 Å². The van der Waals surface area contributed by atoms with E-state index in [-0.39, 0.29) is 39.5 Å². The van der Waals surface area contributed by atoms with Crippen molar-refractivity contribution in [2.75, 3.05) is 0 Å². The van der Waals surface area contributed by atoms with Crippen LogP contribution in [0.4, 0.5) is 0 Å². The number of phenolic OH excluding ortho intramolecular Hbond substituents is 6. The second kappa shape index (κ2) is 11.9. The minimum absolute atomic E-state index is 0.000529. The van der Waals surface area contributed by atoms with Crippen molar-refractivity contribution in [3.63, 3.8) is 0 Å². The van der Waals surface area contributed by atoms with Crippen LogP contribution < -0.4 is 4.74 Å². The van der Waals surface area contributed by atoms with Crippen LogP contribution in [0.2, 0.25) is 0 Å². The Balaban J connectivity index is 1.49. The Morgan fingerprint density at radius 3 is 2.14 bits per heavy atom. The zero-order chi connectivity index (χ0) is 31.9. The molecule has 4 aromatic rings. The minimum Gasteiger partial charge on any atom is -0.508 e. The van der Waals surface area contributed by atoms with Gasteiger partial charge in [-0.05, 0) is 23.8 Å². The fraction of sp³-hybridized carbons (Fsp3) is 0.200. The first-order valence-electron chi connectivity index (χ1n) is 13.0. The fourth-order valence-corrected chi connectivity index (χ4v) is 4.59. The zero-order valence-electron chi connectivity index (χ0n) is 22.4. The lowest BCUT2D eigenvalue weighted by molar-refractivity contribution is -0.285. The Bertz CT molecular complexity index is 1710. The van der Waals surface area contributed by atoms with E-state index in [2.05, 4.69) is 0 Å². The van der Waals surface area contributed by atoms with Gasteiger partial charge in [0, 0.05) is 24.3 Å². The number of hydrogen-bond acceptors (Lipinski definition) is 13. The van der Waals surface area contributed by atoms with Gasteiger partial charge in [-0.15, -0.1) is 0 Å². The minimum atomic E-state index is -2.05. The highest BCUT2D eigenvalue weighted by Crippen LogP contribution is 2.45. The first kappa shape index (κ1) is 30.3. The summed E-state index contributed by atoms with van der Waals surface area (Å²) in [6.07, 6.45) is -9.34. The van der Waals surface area contributed by atoms with Gasteiger partial charge in [-0.1, -0.05) is 18.2 Å². The number of benzene rings is 3. The lowest BCUT2D eigenvalue weighted by atomic mass is 9.93. The molecule has 1 fully saturated rings. The molecule has 0 spiro atoms. The third kappa shape index (κ3) is 5.88. The summed E-state index contributed by atoms with van der Waals surface area (Å²) in [6.45, 7) is 0. The molecular formula is C30H27O14+. The van der Waals surface area contributed by atoms with Crippen LogP contribution in [-0.2, 0) is 9.53 Å². The molecule has 3 aromatic carbocycles. The molecule has 0 radical (unpaired) electrons. The molecule has 2 heterocycles. The van der Waals surface area contributed by atoms with Crippen molar-refractivity contribution in [1.29, 1.82) is 0 Å². The Labute approximate surface area is 247 Å². The number of carbonyl (C=O) groups is 1. The van der Waals surface area contributed by atoms with E-state index in [4.69, 9.17) is 13.9 Å². The first-order chi connectivity index (χ1) is 20.8. The highest BCUT2D eigenvalue weighted by atomic mass is 16.7. The molecule has 14 heteroatoms. The fourth-order valence-electron chi connectivity index (χ4n) is 4.59. The highest BCUT2D eigenvalue weighted by molar-refractivity contribution is 5.97. The molecule has 230 valence electrons. The molecule has 44 heavy (non-hydrogen) atoms. The van der Waals surface area contributed by atoms with Crippen molar-refractivity contribution >= 4 is 22.8 Å². The molecule has 6 atom stereocenters. The summed E-state index contributed by atoms with van der Waals surface area (Å²) < 4.78 is 17.1. The highest BCUT2D eigenvalue weighted by Gasteiger charge is 2.49. The van der Waals surface area contributed by atoms with Crippen LogP contribution in [0.5, 0.6) is 40.2 Å². The lowest BCUT2D eigenvalue weighted by Gasteiger charge is -2.41. The molecule has 14 nitrogen and oxygen atoms in total. The molecule has 1 unspecified atom stereocenters. The maximum absolute atomic E-state index is 12.7. The molecular weight excluding hydrogens is 584 g/mol. The number of fused-ring (bicyclic) bond motifs is 1. The molecule has 0 saturated carbocycles. The number of phenols is 6. The first-order valence-corrected chi connectivity index (χ1v) is 13.0. The van der Waals surface area contributed by atoms with E-state index in [1.807, 2.05) is 0 Å². The number of ketones is 1. The summed E-state index contributed by atoms with van der Waals surface area (Å²) in [5.41, 5.74) is 0.298. The largest absolute Gasteiger partial charge is 0.508 e. The Kier molecular flexibility index (Phi) is 8.19. The molecule has 1 saturated heterocycles. The van der Waals surface area contributed by atoms with Crippen molar-refractivity contribution in [3.8, 4) is 51.6 Å². The number of hydrogen-bond donors (Lipinski definition) is 10. The van der Waals surface area contributed by atoms with Crippen LogP contribution in [0.1, 0.15) is 5.56 Å². The van der Waals surface area contributed by atoms with Gasteiger partial charge in [0.05, 0.1) is 11.6 Å². The number of aliphatic hydroxyl groups excluding tert-OH is 4. The van der Waals surface area contributed by atoms with Gasteiger partial charge in [-0.2, -0.15) is 0 Å². The topological polar surface area (TPSA) is 249 Å². The molecule has 10 N–H and O–H groups in total. The summed E-state index contributed by atoms with van der Waals surface area (Å²) in [6, 6.07) is 11.0. The van der Waals surface area contributed by atoms with Gasteiger partial charge in [0.25, 0.3) is 0 Å². The second-order valence-corrected chi connectivity index (χ2v) is 10.0. The number of carbonyl (C=O) groups excluding carboxylic acids is 1. The van der Waals surface area contributed by atoms with Crippen LogP contribution in [-0.4, -0.2) is 93.7 Å². The standard InChI is InChI=1S/C30H26O14/c31-14-4-1-12(2-5-14)3-6-17(33)24(38)29-26(40)25(39)27(41)30(44-29)43-22-11-16-18(34)9-15(32)10-21(16)42-28(22)13-7-19(35)23(37)20(36)8-13/h1-11,24-27,29-30,38-41H,(H5-,31,32,33,34,35,36,37)/p+1/t24?,25-,26+,27+,29+,30+/m0/s1. The van der Waals surface area contributed by atoms with Crippen molar-refractivity contribution in [3.05, 3.63) is 66.2 Å². The van der Waals surface area contributed by atoms with Gasteiger partial charge in [0.1, 0.15) is 53.2 Å². The number of ether oxygens (including phenoxy) is 2. The van der Waals surface area contributed by atoms with E-state index in [0.717, 1.165) is 30.3 Å². The van der Waals surface area contributed by atoms with E-state index in [9.17, 15) is 55.9 Å². The Morgan fingerprint density at radius 2 is 1.48 bits per heavy atom. The van der Waals surface area contributed by atoms with E-state index in [1.54, 1.807) is 0 Å². The van der Waals surface area contributed by atoms with Gasteiger partial charge < -0.3 is 60.5 Å². The van der Waals surface area contributed by atoms with E-state index in [0.29, 0.717) is 5.56 Å². The molecule has 0 amide bonds. The van der Waals surface area contributed by atoms with Crippen LogP contribution in [0.25, 0.3) is 28.4 Å². The van der Waals surface area contributed by atoms with Crippen LogP contribution in [0, 0.1) is 0 Å². The van der Waals surface area contributed by atoms with Gasteiger partial charge >= 0.3 is 11.3 Å². The van der Waals surface area contributed by atoms with Crippen LogP contribution in [0.15, 0.2) is 65.1 Å². The maximum atomic E-state index is 12.7. The molecule has 1 aliphatic rings. The predicted molar refractivity (Wildman–Crippen MR) is 150 cm³/mol. The average Bonchev–Trinajstić information content (AvgIpc) is 2.99. The summed E-state index contributed by atoms with van der Waals surface area (Å²) in [5.74, 6) is -4.76. The smallest absolute Gasteiger partial charge is 0.402 e. The summed E-state index contributed by atoms with van der Waals surface area (Å²) >= 11 is 0. The molecule has 1 aliphatic heterocycles. The van der Waals surface area contributed by atoms with Crippen molar-refractivity contribution in [1.82, 2.24) is 0 Å². The van der Waals surface area contributed by atoms with E-state index >= 15 is 0 Å². The van der Waals surface area contributed by atoms with E-state index < -0.39 is 65.6 Å². The summed E-state index contributed by atoms with van der Waals surface area (Å²) in [7, 11) is 0. The van der Waals surface area contributed by atoms with Gasteiger partial charge in [-0.3, -0.25) is 4.79 Å². The van der Waals surface area contributed by atoms with E-state index in [1.165, 1.54) is 36.4 Å². The summed E-state index contributed by atoms with van der Waals surface area (Å²) in [5, 5.41) is 102. The normalized spacial score (nSPS) is 22.7. The second-order valence-electron chi connectivity index (χ2n) is 10.0. The average molecular weight is 612 g/mol. The molecule has 0 bridgehead atoms. The summed E-state index contributed by atoms with van der Waals surface area (Å²) in [4.78, 5) is 12.7. The molecule has 5 rings (SSSR count). The van der Waals surface area contributed by atoms with Crippen molar-refractivity contribution in [2.45, 2.75) is 36.8 Å². The molecule has 1 aromatic heterocycles. The zero-order valence-corrected chi connectivity index (χ0v) is 22.4. The number of aliphatic hydroxyl groups is 4. The number of rotatable bonds is 7. The number of aromatic hydroxyl groups is 6. The van der Waals surface area contributed by atoms with Crippen LogP contribution >= 0.6 is 0 Å². The van der Waals surface area contributed by atoms with Gasteiger partial charge in [0.2, 0.25) is 12.0 Å². The molecule has 0 aliphatic carbocycles. The quantitative estimate of drug-likeness (QED) is 0.0807. The lowest BCUT2D eigenvalue weighted by Crippen LogP contribution is -2.63. The monoisotopic (exact) mass is 611 g/mol. The Morgan fingerprint density at radius 1 is 0.818 bits per heavy atom. The predicted octanol–water partition coefficient (Wildman–Crippen LogP) is 1.44. The van der Waals surface area contributed by atoms with Crippen molar-refractivity contribution in [2.24, 2.45) is 0 Å². The van der Waals surface area contributed by atoms with Crippen molar-refractivity contribution < 1.29 is 69.8 Å². The third-order valence-corrected chi connectivity index (χ3v) is 6.93. The third-order valence-electron chi connectivity index (χ3n) is 6.93.